The van der Waals surface area contributed by atoms with Gasteiger partial charge in [0.1, 0.15) is 0 Å². The summed E-state index contributed by atoms with van der Waals surface area (Å²) in [5.41, 5.74) is 4.31. The SMILES string of the molecule is CC#N.CN(CCCc1ccc(C2C(Br)CCCC2Br)cc1)Cc1ccccc1. The van der Waals surface area contributed by atoms with Crippen molar-refractivity contribution >= 4 is 31.9 Å². The molecule has 1 saturated carbocycles. The first-order valence-corrected chi connectivity index (χ1v) is 12.3. The molecule has 0 heterocycles. The van der Waals surface area contributed by atoms with Gasteiger partial charge >= 0.3 is 0 Å². The lowest BCUT2D eigenvalue weighted by atomic mass is 9.83. The van der Waals surface area contributed by atoms with Crippen LogP contribution in [0, 0.1) is 11.3 Å². The molecule has 0 aliphatic heterocycles. The van der Waals surface area contributed by atoms with Crippen LogP contribution in [0.3, 0.4) is 0 Å². The molecule has 0 radical (unpaired) electrons. The van der Waals surface area contributed by atoms with Crippen LogP contribution in [0.15, 0.2) is 54.6 Å². The maximum absolute atomic E-state index is 7.32. The van der Waals surface area contributed by atoms with Crippen LogP contribution in [0.4, 0.5) is 0 Å². The summed E-state index contributed by atoms with van der Waals surface area (Å²) >= 11 is 7.80. The highest BCUT2D eigenvalue weighted by Gasteiger charge is 2.31. The van der Waals surface area contributed by atoms with Crippen molar-refractivity contribution in [2.75, 3.05) is 13.6 Å². The van der Waals surface area contributed by atoms with Gasteiger partial charge in [-0.25, -0.2) is 0 Å². The smallest absolute Gasteiger partial charge is 0.0587 e. The lowest BCUT2D eigenvalue weighted by Gasteiger charge is -2.32. The molecule has 2 aromatic carbocycles. The van der Waals surface area contributed by atoms with E-state index < -0.39 is 0 Å². The van der Waals surface area contributed by atoms with Crippen molar-refractivity contribution in [2.45, 2.75) is 61.1 Å². The number of nitrogens with zero attached hydrogens (tertiary/aromatic N) is 2. The lowest BCUT2D eigenvalue weighted by molar-refractivity contribution is 0.322. The Labute approximate surface area is 193 Å². The van der Waals surface area contributed by atoms with Crippen molar-refractivity contribution < 1.29 is 0 Å². The number of hydrogen-bond acceptors (Lipinski definition) is 2. The van der Waals surface area contributed by atoms with E-state index in [4.69, 9.17) is 5.26 Å². The number of rotatable bonds is 7. The average molecular weight is 520 g/mol. The molecule has 0 N–H and O–H groups in total. The molecule has 0 amide bonds. The van der Waals surface area contributed by atoms with Crippen LogP contribution in [0.5, 0.6) is 0 Å². The highest BCUT2D eigenvalue weighted by atomic mass is 79.9. The van der Waals surface area contributed by atoms with E-state index in [1.54, 1.807) is 6.07 Å². The zero-order valence-corrected chi connectivity index (χ0v) is 20.7. The second kappa shape index (κ2) is 13.2. The van der Waals surface area contributed by atoms with E-state index in [9.17, 15) is 0 Å². The van der Waals surface area contributed by atoms with E-state index in [-0.39, 0.29) is 0 Å². The predicted molar refractivity (Wildman–Crippen MR) is 131 cm³/mol. The minimum absolute atomic E-state index is 0.592. The van der Waals surface area contributed by atoms with Gasteiger partial charge in [-0.05, 0) is 56.0 Å². The molecule has 1 fully saturated rings. The maximum atomic E-state index is 7.32. The molecule has 2 aromatic rings. The molecule has 156 valence electrons. The molecule has 4 heteroatoms. The molecule has 2 atom stereocenters. The molecule has 0 saturated heterocycles. The van der Waals surface area contributed by atoms with Gasteiger partial charge in [-0.15, -0.1) is 0 Å². The molecule has 3 rings (SSSR count). The summed E-state index contributed by atoms with van der Waals surface area (Å²) in [5, 5.41) is 7.32. The Morgan fingerprint density at radius 2 is 1.55 bits per heavy atom. The van der Waals surface area contributed by atoms with Crippen molar-refractivity contribution in [3.63, 3.8) is 0 Å². The van der Waals surface area contributed by atoms with E-state index in [0.29, 0.717) is 15.6 Å². The van der Waals surface area contributed by atoms with E-state index in [0.717, 1.165) is 19.5 Å². The standard InChI is InChI=1S/C23H29Br2N.C2H3N/c1-26(17-19-7-3-2-4-8-19)16-6-9-18-12-14-20(15-13-18)23-21(24)10-5-11-22(23)25;1-2-3/h2-4,7-8,12-15,21-23H,5-6,9-11,16-17H2,1H3;1H3. The predicted octanol–water partition coefficient (Wildman–Crippen LogP) is 7.08. The van der Waals surface area contributed by atoms with Crippen molar-refractivity contribution in [3.8, 4) is 6.07 Å². The molecule has 1 aliphatic rings. The first-order valence-electron chi connectivity index (χ1n) is 10.5. The van der Waals surface area contributed by atoms with Crippen LogP contribution in [0.2, 0.25) is 0 Å². The van der Waals surface area contributed by atoms with Gasteiger partial charge in [-0.3, -0.25) is 0 Å². The van der Waals surface area contributed by atoms with Gasteiger partial charge in [0.15, 0.2) is 0 Å². The van der Waals surface area contributed by atoms with Gasteiger partial charge in [0.05, 0.1) is 6.07 Å². The number of hydrogen-bond donors (Lipinski definition) is 0. The summed E-state index contributed by atoms with van der Waals surface area (Å²) in [6, 6.07) is 21.8. The fraction of sp³-hybridized carbons (Fsp3) is 0.480. The number of nitriles is 1. The summed E-state index contributed by atoms with van der Waals surface area (Å²) in [5.74, 6) is 0.592. The van der Waals surface area contributed by atoms with Gasteiger partial charge in [-0.2, -0.15) is 5.26 Å². The van der Waals surface area contributed by atoms with E-state index in [1.807, 2.05) is 0 Å². The summed E-state index contributed by atoms with van der Waals surface area (Å²) in [7, 11) is 2.21. The average Bonchev–Trinajstić information content (AvgIpc) is 2.70. The summed E-state index contributed by atoms with van der Waals surface area (Å²) in [4.78, 5) is 3.60. The summed E-state index contributed by atoms with van der Waals surface area (Å²) < 4.78 is 0. The van der Waals surface area contributed by atoms with Crippen LogP contribution in [0.1, 0.15) is 55.2 Å². The molecule has 0 bridgehead atoms. The van der Waals surface area contributed by atoms with E-state index in [2.05, 4.69) is 98.4 Å². The topological polar surface area (TPSA) is 27.0 Å². The Hall–Kier alpha value is -1.15. The molecular weight excluding hydrogens is 488 g/mol. The van der Waals surface area contributed by atoms with E-state index >= 15 is 0 Å². The van der Waals surface area contributed by atoms with Gasteiger partial charge in [0.25, 0.3) is 0 Å². The van der Waals surface area contributed by atoms with Crippen molar-refractivity contribution in [2.24, 2.45) is 0 Å². The Morgan fingerprint density at radius 1 is 0.966 bits per heavy atom. The highest BCUT2D eigenvalue weighted by Crippen LogP contribution is 2.41. The zero-order chi connectivity index (χ0) is 21.1. The second-order valence-corrected chi connectivity index (χ2v) is 10.1. The Balaban J connectivity index is 0.000000941. The number of benzene rings is 2. The van der Waals surface area contributed by atoms with Crippen LogP contribution in [-0.2, 0) is 13.0 Å². The second-order valence-electron chi connectivity index (χ2n) is 7.78. The molecule has 29 heavy (non-hydrogen) atoms. The monoisotopic (exact) mass is 518 g/mol. The highest BCUT2D eigenvalue weighted by molar-refractivity contribution is 9.10. The maximum Gasteiger partial charge on any atom is 0.0587 e. The van der Waals surface area contributed by atoms with Gasteiger partial charge in [0.2, 0.25) is 0 Å². The molecule has 2 nitrogen and oxygen atoms in total. The summed E-state index contributed by atoms with van der Waals surface area (Å²) in [6.45, 7) is 3.59. The Bertz CT molecular complexity index is 730. The van der Waals surface area contributed by atoms with Crippen molar-refractivity contribution in [3.05, 3.63) is 71.3 Å². The third kappa shape index (κ3) is 8.24. The summed E-state index contributed by atoms with van der Waals surface area (Å²) in [6.07, 6.45) is 6.23. The fourth-order valence-electron chi connectivity index (χ4n) is 3.94. The molecule has 0 spiro atoms. The van der Waals surface area contributed by atoms with Crippen LogP contribution in [0.25, 0.3) is 0 Å². The number of aryl methyl sites for hydroxylation is 1. The molecular formula is C25H32Br2N2. The molecule has 0 aromatic heterocycles. The fourth-order valence-corrected chi connectivity index (χ4v) is 6.35. The minimum Gasteiger partial charge on any atom is -0.302 e. The van der Waals surface area contributed by atoms with Crippen LogP contribution < -0.4 is 0 Å². The Kier molecular flexibility index (Phi) is 11.0. The zero-order valence-electron chi connectivity index (χ0n) is 17.5. The first-order chi connectivity index (χ1) is 14.0. The van der Waals surface area contributed by atoms with Gasteiger partial charge in [0, 0.05) is 29.0 Å². The number of halogens is 2. The van der Waals surface area contributed by atoms with Crippen molar-refractivity contribution in [1.29, 1.82) is 5.26 Å². The van der Waals surface area contributed by atoms with Crippen molar-refractivity contribution in [1.82, 2.24) is 4.90 Å². The van der Waals surface area contributed by atoms with E-state index in [1.165, 1.54) is 49.3 Å². The van der Waals surface area contributed by atoms with Crippen LogP contribution >= 0.6 is 31.9 Å². The molecule has 1 aliphatic carbocycles. The molecule has 2 unspecified atom stereocenters. The normalized spacial score (nSPS) is 21.2. The third-order valence-corrected chi connectivity index (χ3v) is 7.46. The largest absolute Gasteiger partial charge is 0.302 e. The van der Waals surface area contributed by atoms with Gasteiger partial charge in [-0.1, -0.05) is 92.9 Å². The third-order valence-electron chi connectivity index (χ3n) is 5.40. The van der Waals surface area contributed by atoms with Gasteiger partial charge < -0.3 is 4.90 Å². The quantitative estimate of drug-likeness (QED) is 0.365. The lowest BCUT2D eigenvalue weighted by Crippen LogP contribution is -2.26. The Morgan fingerprint density at radius 3 is 2.14 bits per heavy atom. The number of alkyl halides is 2. The first kappa shape index (κ1) is 24.1. The minimum atomic E-state index is 0.592. The van der Waals surface area contributed by atoms with Crippen LogP contribution in [-0.4, -0.2) is 28.1 Å².